The van der Waals surface area contributed by atoms with Crippen molar-refractivity contribution in [1.29, 1.82) is 0 Å². The fourth-order valence-corrected chi connectivity index (χ4v) is 3.44. The van der Waals surface area contributed by atoms with Crippen molar-refractivity contribution >= 4 is 11.8 Å². The highest BCUT2D eigenvalue weighted by Crippen LogP contribution is 2.30. The smallest absolute Gasteiger partial charge is 0.261 e. The number of likely N-dealkylation sites (N-methyl/N-ethyl adjacent to an activating group) is 1. The van der Waals surface area contributed by atoms with Gasteiger partial charge >= 0.3 is 0 Å². The van der Waals surface area contributed by atoms with Crippen LogP contribution in [0.25, 0.3) is 0 Å². The molecule has 1 aromatic carbocycles. The van der Waals surface area contributed by atoms with Gasteiger partial charge in [-0.05, 0) is 37.9 Å². The maximum Gasteiger partial charge on any atom is 0.261 e. The highest BCUT2D eigenvalue weighted by Gasteiger charge is 2.37. The Hall–Kier alpha value is -1.68. The van der Waals surface area contributed by atoms with Crippen molar-refractivity contribution < 1.29 is 9.59 Å². The average molecular weight is 272 g/mol. The first kappa shape index (κ1) is 13.3. The molecule has 20 heavy (non-hydrogen) atoms. The number of benzene rings is 1. The van der Waals surface area contributed by atoms with Gasteiger partial charge in [-0.15, -0.1) is 0 Å². The largest absolute Gasteiger partial charge is 0.315 e. The van der Waals surface area contributed by atoms with Crippen LogP contribution in [0.2, 0.25) is 0 Å². The molecule has 4 heteroatoms. The summed E-state index contributed by atoms with van der Waals surface area (Å²) >= 11 is 0. The van der Waals surface area contributed by atoms with E-state index in [1.54, 1.807) is 24.3 Å². The summed E-state index contributed by atoms with van der Waals surface area (Å²) in [6.07, 6.45) is 4.89. The average Bonchev–Trinajstić information content (AvgIpc) is 3.08. The number of rotatable bonds is 4. The second-order valence-corrected chi connectivity index (χ2v) is 5.71. The minimum absolute atomic E-state index is 0.149. The van der Waals surface area contributed by atoms with Gasteiger partial charge in [-0.2, -0.15) is 0 Å². The van der Waals surface area contributed by atoms with E-state index in [9.17, 15) is 9.59 Å². The molecular formula is C16H20N2O2. The van der Waals surface area contributed by atoms with Gasteiger partial charge in [0.2, 0.25) is 0 Å². The first-order valence-corrected chi connectivity index (χ1v) is 7.35. The van der Waals surface area contributed by atoms with Crippen LogP contribution in [0.15, 0.2) is 24.3 Å². The zero-order valence-electron chi connectivity index (χ0n) is 11.8. The Morgan fingerprint density at radius 1 is 1.15 bits per heavy atom. The number of carbonyl (C=O) groups is 2. The van der Waals surface area contributed by atoms with Crippen LogP contribution in [0.1, 0.15) is 46.4 Å². The molecule has 1 fully saturated rings. The van der Waals surface area contributed by atoms with Crippen LogP contribution in [0, 0.1) is 5.92 Å². The summed E-state index contributed by atoms with van der Waals surface area (Å²) in [6.45, 7) is 0.480. The van der Waals surface area contributed by atoms with Gasteiger partial charge in [0.25, 0.3) is 11.8 Å². The Bertz CT molecular complexity index is 500. The number of carbonyl (C=O) groups excluding carboxylic acids is 2. The van der Waals surface area contributed by atoms with Crippen molar-refractivity contribution in [3.05, 3.63) is 35.4 Å². The first-order valence-electron chi connectivity index (χ1n) is 7.35. The Morgan fingerprint density at radius 2 is 1.70 bits per heavy atom. The van der Waals surface area contributed by atoms with Crippen LogP contribution in [-0.4, -0.2) is 36.3 Å². The molecule has 1 aromatic rings. The standard InChI is InChI=1S/C16H20N2O2/c1-17-14(11-6-2-3-7-11)10-18-15(19)12-8-4-5-9-13(12)16(18)20/h4-5,8-9,11,14,17H,2-3,6-7,10H2,1H3. The van der Waals surface area contributed by atoms with Crippen molar-refractivity contribution in [3.8, 4) is 0 Å². The maximum absolute atomic E-state index is 12.4. The topological polar surface area (TPSA) is 49.4 Å². The van der Waals surface area contributed by atoms with E-state index in [0.29, 0.717) is 23.6 Å². The van der Waals surface area contributed by atoms with Gasteiger partial charge in [-0.1, -0.05) is 25.0 Å². The molecule has 1 atom stereocenters. The predicted octanol–water partition coefficient (Wildman–Crippen LogP) is 2.06. The molecule has 1 unspecified atom stereocenters. The number of nitrogens with zero attached hydrogens (tertiary/aromatic N) is 1. The fourth-order valence-electron chi connectivity index (χ4n) is 3.44. The van der Waals surface area contributed by atoms with Gasteiger partial charge in [0, 0.05) is 12.6 Å². The minimum atomic E-state index is -0.149. The van der Waals surface area contributed by atoms with Crippen molar-refractivity contribution in [2.75, 3.05) is 13.6 Å². The van der Waals surface area contributed by atoms with Crippen LogP contribution < -0.4 is 5.32 Å². The molecule has 1 heterocycles. The molecule has 1 aliphatic heterocycles. The molecule has 106 valence electrons. The van der Waals surface area contributed by atoms with Gasteiger partial charge in [0.15, 0.2) is 0 Å². The third kappa shape index (κ3) is 2.14. The van der Waals surface area contributed by atoms with E-state index in [-0.39, 0.29) is 17.9 Å². The molecule has 1 aliphatic carbocycles. The summed E-state index contributed by atoms with van der Waals surface area (Å²) in [5.41, 5.74) is 1.08. The van der Waals surface area contributed by atoms with Crippen LogP contribution >= 0.6 is 0 Å². The van der Waals surface area contributed by atoms with E-state index in [4.69, 9.17) is 0 Å². The van der Waals surface area contributed by atoms with E-state index in [1.807, 2.05) is 7.05 Å². The summed E-state index contributed by atoms with van der Waals surface area (Å²) in [5, 5.41) is 3.29. The lowest BCUT2D eigenvalue weighted by atomic mass is 9.98. The SMILES string of the molecule is CNC(CN1C(=O)c2ccccc2C1=O)C1CCCC1. The second-order valence-electron chi connectivity index (χ2n) is 5.71. The Kier molecular flexibility index (Phi) is 3.57. The monoisotopic (exact) mass is 272 g/mol. The molecule has 2 aliphatic rings. The number of fused-ring (bicyclic) bond motifs is 1. The van der Waals surface area contributed by atoms with Crippen LogP contribution in [0.3, 0.4) is 0 Å². The molecule has 0 aromatic heterocycles. The summed E-state index contributed by atoms with van der Waals surface area (Å²) < 4.78 is 0. The van der Waals surface area contributed by atoms with E-state index in [0.717, 1.165) is 0 Å². The lowest BCUT2D eigenvalue weighted by Gasteiger charge is -2.27. The number of hydrogen-bond donors (Lipinski definition) is 1. The molecule has 0 bridgehead atoms. The third-order valence-electron chi connectivity index (χ3n) is 4.60. The maximum atomic E-state index is 12.4. The highest BCUT2D eigenvalue weighted by molar-refractivity contribution is 6.21. The Balaban J connectivity index is 1.78. The quantitative estimate of drug-likeness (QED) is 0.854. The van der Waals surface area contributed by atoms with Crippen molar-refractivity contribution in [1.82, 2.24) is 10.2 Å². The van der Waals surface area contributed by atoms with E-state index in [2.05, 4.69) is 5.32 Å². The number of imide groups is 1. The van der Waals surface area contributed by atoms with Gasteiger partial charge < -0.3 is 5.32 Å². The minimum Gasteiger partial charge on any atom is -0.315 e. The second kappa shape index (κ2) is 5.37. The highest BCUT2D eigenvalue weighted by atomic mass is 16.2. The van der Waals surface area contributed by atoms with Crippen LogP contribution in [0.5, 0.6) is 0 Å². The fraction of sp³-hybridized carbons (Fsp3) is 0.500. The molecular weight excluding hydrogens is 252 g/mol. The number of nitrogens with one attached hydrogen (secondary N) is 1. The van der Waals surface area contributed by atoms with Gasteiger partial charge in [0.1, 0.15) is 0 Å². The summed E-state index contributed by atoms with van der Waals surface area (Å²) in [6, 6.07) is 7.29. The van der Waals surface area contributed by atoms with E-state index < -0.39 is 0 Å². The zero-order chi connectivity index (χ0) is 14.1. The molecule has 2 amide bonds. The molecule has 4 nitrogen and oxygen atoms in total. The lowest BCUT2D eigenvalue weighted by molar-refractivity contribution is 0.0627. The van der Waals surface area contributed by atoms with Crippen molar-refractivity contribution in [3.63, 3.8) is 0 Å². The third-order valence-corrected chi connectivity index (χ3v) is 4.60. The van der Waals surface area contributed by atoms with Gasteiger partial charge in [-0.3, -0.25) is 14.5 Å². The molecule has 0 spiro atoms. The molecule has 3 rings (SSSR count). The Morgan fingerprint density at radius 3 is 2.20 bits per heavy atom. The number of amides is 2. The van der Waals surface area contributed by atoms with E-state index in [1.165, 1.54) is 30.6 Å². The molecule has 1 saturated carbocycles. The lowest BCUT2D eigenvalue weighted by Crippen LogP contribution is -2.45. The normalized spacial score (nSPS) is 20.6. The first-order chi connectivity index (χ1) is 9.72. The van der Waals surface area contributed by atoms with Crippen molar-refractivity contribution in [2.45, 2.75) is 31.7 Å². The van der Waals surface area contributed by atoms with Gasteiger partial charge in [0.05, 0.1) is 11.1 Å². The molecule has 0 saturated heterocycles. The summed E-state index contributed by atoms with van der Waals surface area (Å²) in [7, 11) is 1.92. The summed E-state index contributed by atoms with van der Waals surface area (Å²) in [5.74, 6) is 0.275. The van der Waals surface area contributed by atoms with Gasteiger partial charge in [-0.25, -0.2) is 0 Å². The molecule has 0 radical (unpaired) electrons. The number of hydrogen-bond acceptors (Lipinski definition) is 3. The van der Waals surface area contributed by atoms with Crippen LogP contribution in [-0.2, 0) is 0 Å². The van der Waals surface area contributed by atoms with E-state index >= 15 is 0 Å². The van der Waals surface area contributed by atoms with Crippen molar-refractivity contribution in [2.24, 2.45) is 5.92 Å². The predicted molar refractivity (Wildman–Crippen MR) is 76.6 cm³/mol. The summed E-state index contributed by atoms with van der Waals surface area (Å²) in [4.78, 5) is 26.1. The molecule has 1 N–H and O–H groups in total. The van der Waals surface area contributed by atoms with Crippen LogP contribution in [0.4, 0.5) is 0 Å². The Labute approximate surface area is 119 Å². The zero-order valence-corrected chi connectivity index (χ0v) is 11.8.